The summed E-state index contributed by atoms with van der Waals surface area (Å²) in [5.74, 6) is -1.43. The number of carbonyl (C=O) groups excluding carboxylic acids is 2. The van der Waals surface area contributed by atoms with Crippen LogP contribution in [0.25, 0.3) is 0 Å². The molecule has 0 saturated carbocycles. The summed E-state index contributed by atoms with van der Waals surface area (Å²) >= 11 is 7.43. The number of aliphatic hydroxyl groups is 1. The molecule has 2 unspecified atom stereocenters. The van der Waals surface area contributed by atoms with E-state index in [0.29, 0.717) is 10.0 Å². The zero-order valence-corrected chi connectivity index (χ0v) is 18.1. The van der Waals surface area contributed by atoms with Gasteiger partial charge in [0, 0.05) is 17.6 Å². The zero-order valence-electron chi connectivity index (χ0n) is 16.5. The molecule has 0 fully saturated rings. The Hall–Kier alpha value is -1.90. The van der Waals surface area contributed by atoms with E-state index in [2.05, 4.69) is 16.9 Å². The van der Waals surface area contributed by atoms with Gasteiger partial charge >= 0.3 is 12.1 Å². The van der Waals surface area contributed by atoms with Gasteiger partial charge in [-0.15, -0.1) is 11.3 Å². The number of esters is 1. The summed E-state index contributed by atoms with van der Waals surface area (Å²) in [6, 6.07) is 1.74. The molecule has 0 radical (unpaired) electrons. The minimum atomic E-state index is -1.16. The quantitative estimate of drug-likeness (QED) is 0.457. The van der Waals surface area contributed by atoms with Crippen LogP contribution in [0.1, 0.15) is 32.6 Å². The Morgan fingerprint density at radius 3 is 2.71 bits per heavy atom. The van der Waals surface area contributed by atoms with Crippen LogP contribution in [0.4, 0.5) is 10.5 Å². The number of carbonyl (C=O) groups is 2. The first-order valence-corrected chi connectivity index (χ1v) is 10.0. The smallest absolute Gasteiger partial charge is 0.407 e. The highest BCUT2D eigenvalue weighted by Gasteiger charge is 2.30. The van der Waals surface area contributed by atoms with Crippen molar-refractivity contribution in [3.05, 3.63) is 27.9 Å². The molecule has 2 N–H and O–H groups in total. The Balaban J connectivity index is 2.85. The Kier molecular flexibility index (Phi) is 9.64. The maximum absolute atomic E-state index is 12.3. The highest BCUT2D eigenvalue weighted by molar-refractivity contribution is 7.16. The third kappa shape index (κ3) is 8.41. The van der Waals surface area contributed by atoms with Crippen LogP contribution in [-0.2, 0) is 20.7 Å². The van der Waals surface area contributed by atoms with E-state index >= 15 is 0 Å². The number of aliphatic hydroxyl groups excluding tert-OH is 1. The van der Waals surface area contributed by atoms with E-state index in [1.165, 1.54) is 23.6 Å². The van der Waals surface area contributed by atoms with Crippen LogP contribution in [-0.4, -0.2) is 48.2 Å². The topological polar surface area (TPSA) is 97.2 Å². The summed E-state index contributed by atoms with van der Waals surface area (Å²) in [4.78, 5) is 29.0. The van der Waals surface area contributed by atoms with Gasteiger partial charge in [-0.3, -0.25) is 9.79 Å². The van der Waals surface area contributed by atoms with Crippen LogP contribution in [0.3, 0.4) is 0 Å². The predicted molar refractivity (Wildman–Crippen MR) is 112 cm³/mol. The molecular formula is C19H27ClN2O5S. The Morgan fingerprint density at radius 1 is 1.46 bits per heavy atom. The molecule has 0 bridgehead atoms. The fraction of sp³-hybridized carbons (Fsp3) is 0.526. The number of rotatable bonds is 9. The average molecular weight is 431 g/mol. The molecule has 0 aliphatic rings. The number of thiophene rings is 1. The molecule has 0 aliphatic heterocycles. The predicted octanol–water partition coefficient (Wildman–Crippen LogP) is 3.90. The number of alkyl carbamates (subject to hydrolysis) is 1. The van der Waals surface area contributed by atoms with Gasteiger partial charge in [-0.2, -0.15) is 0 Å². The number of allylic oxidation sites excluding steroid dienone is 1. The maximum Gasteiger partial charge on any atom is 0.407 e. The molecular weight excluding hydrogens is 404 g/mol. The number of amides is 1. The lowest BCUT2D eigenvalue weighted by Crippen LogP contribution is -2.42. The second kappa shape index (κ2) is 11.2. The summed E-state index contributed by atoms with van der Waals surface area (Å²) in [7, 11) is 0. The zero-order chi connectivity index (χ0) is 21.3. The van der Waals surface area contributed by atoms with E-state index in [1.807, 2.05) is 0 Å². The van der Waals surface area contributed by atoms with E-state index in [-0.39, 0.29) is 19.6 Å². The number of nitrogens with one attached hydrogen (secondary N) is 1. The van der Waals surface area contributed by atoms with Crippen molar-refractivity contribution in [3.8, 4) is 0 Å². The van der Waals surface area contributed by atoms with E-state index in [1.54, 1.807) is 33.8 Å². The summed E-state index contributed by atoms with van der Waals surface area (Å²) in [5.41, 5.74) is -0.100. The first-order chi connectivity index (χ1) is 13.1. The van der Waals surface area contributed by atoms with Gasteiger partial charge in [0.25, 0.3) is 0 Å². The van der Waals surface area contributed by atoms with Gasteiger partial charge in [-0.1, -0.05) is 24.3 Å². The second-order valence-electron chi connectivity index (χ2n) is 6.90. The van der Waals surface area contributed by atoms with Crippen molar-refractivity contribution in [1.29, 1.82) is 0 Å². The monoisotopic (exact) mass is 430 g/mol. The molecule has 2 atom stereocenters. The minimum Gasteiger partial charge on any atom is -0.466 e. The van der Waals surface area contributed by atoms with Gasteiger partial charge in [0.05, 0.1) is 24.3 Å². The molecule has 1 aromatic heterocycles. The molecule has 9 heteroatoms. The number of hydrogen-bond donors (Lipinski definition) is 2. The molecule has 0 aromatic carbocycles. The molecule has 28 heavy (non-hydrogen) atoms. The third-order valence-electron chi connectivity index (χ3n) is 3.37. The highest BCUT2D eigenvalue weighted by atomic mass is 35.5. The SMILES string of the molecule is C=C/C=N\c1cc(CC(C(=O)OCC)C(O)CNC(=O)OC(C)(C)C)sc1Cl. The van der Waals surface area contributed by atoms with E-state index in [9.17, 15) is 14.7 Å². The van der Waals surface area contributed by atoms with Crippen molar-refractivity contribution in [2.45, 2.75) is 45.8 Å². The maximum atomic E-state index is 12.3. The van der Waals surface area contributed by atoms with Gasteiger partial charge in [0.2, 0.25) is 0 Å². The van der Waals surface area contributed by atoms with Crippen molar-refractivity contribution in [3.63, 3.8) is 0 Å². The number of nitrogens with zero attached hydrogens (tertiary/aromatic N) is 1. The van der Waals surface area contributed by atoms with Crippen molar-refractivity contribution >= 4 is 46.9 Å². The summed E-state index contributed by atoms with van der Waals surface area (Å²) in [5, 5.41) is 13.0. The lowest BCUT2D eigenvalue weighted by molar-refractivity contribution is -0.151. The fourth-order valence-electron chi connectivity index (χ4n) is 2.21. The molecule has 0 spiro atoms. The van der Waals surface area contributed by atoms with Crippen molar-refractivity contribution in [2.24, 2.45) is 10.9 Å². The van der Waals surface area contributed by atoms with Crippen LogP contribution in [0.2, 0.25) is 4.34 Å². The number of ether oxygens (including phenoxy) is 2. The minimum absolute atomic E-state index is 0.154. The first-order valence-electron chi connectivity index (χ1n) is 8.82. The normalized spacial score (nSPS) is 13.8. The molecule has 1 rings (SSSR count). The van der Waals surface area contributed by atoms with Gasteiger partial charge in [-0.25, -0.2) is 4.79 Å². The molecule has 156 valence electrons. The largest absolute Gasteiger partial charge is 0.466 e. The Morgan fingerprint density at radius 2 is 2.14 bits per heavy atom. The van der Waals surface area contributed by atoms with Gasteiger partial charge in [0.15, 0.2) is 0 Å². The van der Waals surface area contributed by atoms with E-state index in [0.717, 1.165) is 4.88 Å². The lowest BCUT2D eigenvalue weighted by Gasteiger charge is -2.23. The van der Waals surface area contributed by atoms with E-state index in [4.69, 9.17) is 21.1 Å². The number of halogens is 1. The van der Waals surface area contributed by atoms with Crippen LogP contribution in [0, 0.1) is 5.92 Å². The summed E-state index contributed by atoms with van der Waals surface area (Å²) in [6.45, 7) is 10.5. The van der Waals surface area contributed by atoms with Crippen LogP contribution < -0.4 is 5.32 Å². The average Bonchev–Trinajstić information content (AvgIpc) is 2.94. The molecule has 1 aromatic rings. The number of hydrogen-bond acceptors (Lipinski definition) is 7. The number of aliphatic imine (C=N–C) groups is 1. The molecule has 1 heterocycles. The van der Waals surface area contributed by atoms with Crippen LogP contribution >= 0.6 is 22.9 Å². The van der Waals surface area contributed by atoms with E-state index < -0.39 is 29.7 Å². The Labute approximate surface area is 174 Å². The highest BCUT2D eigenvalue weighted by Crippen LogP contribution is 2.35. The molecule has 0 aliphatic carbocycles. The molecule has 0 saturated heterocycles. The van der Waals surface area contributed by atoms with Crippen LogP contribution in [0.15, 0.2) is 23.7 Å². The fourth-order valence-corrected chi connectivity index (χ4v) is 3.50. The standard InChI is InChI=1S/C19H27ClN2O5S/c1-6-8-21-14-10-12(28-16(14)20)9-13(17(24)26-7-2)15(23)11-22-18(25)27-19(3,4)5/h6,8,10,13,15,23H,1,7,9,11H2,2-5H3,(H,22,25)/b21-8-. The van der Waals surface area contributed by atoms with Gasteiger partial charge in [0.1, 0.15) is 9.94 Å². The van der Waals surface area contributed by atoms with Crippen LogP contribution in [0.5, 0.6) is 0 Å². The van der Waals surface area contributed by atoms with Crippen molar-refractivity contribution in [1.82, 2.24) is 5.32 Å². The first kappa shape index (κ1) is 24.1. The lowest BCUT2D eigenvalue weighted by atomic mass is 9.97. The summed E-state index contributed by atoms with van der Waals surface area (Å²) < 4.78 is 10.7. The molecule has 7 nitrogen and oxygen atoms in total. The molecule has 1 amide bonds. The van der Waals surface area contributed by atoms with Gasteiger partial charge in [-0.05, 0) is 40.2 Å². The van der Waals surface area contributed by atoms with Crippen molar-refractivity contribution < 1.29 is 24.2 Å². The third-order valence-corrected chi connectivity index (χ3v) is 4.73. The Bertz CT molecular complexity index is 712. The van der Waals surface area contributed by atoms with Gasteiger partial charge < -0.3 is 19.9 Å². The van der Waals surface area contributed by atoms with Crippen molar-refractivity contribution in [2.75, 3.05) is 13.2 Å². The second-order valence-corrected chi connectivity index (χ2v) is 8.64. The summed E-state index contributed by atoms with van der Waals surface area (Å²) in [6.07, 6.45) is 1.41.